The molecule has 0 bridgehead atoms. The van der Waals surface area contributed by atoms with Gasteiger partial charge >= 0.3 is 0 Å². The molecule has 0 saturated heterocycles. The summed E-state index contributed by atoms with van der Waals surface area (Å²) < 4.78 is 0. The molecule has 0 aliphatic heterocycles. The number of hydrogen-bond acceptors (Lipinski definition) is 5. The standard InChI is InChI=1S/C15H19N3OS2/c16-15-18-14(11-7-4-8-20-11)12(21-15)9-13(19)17-10-5-2-1-3-6-10/h4,7-8,10H,1-3,5-6,9H2,(H2,16,18)(H,17,19). The van der Waals surface area contributed by atoms with Crippen molar-refractivity contribution in [1.82, 2.24) is 10.3 Å². The van der Waals surface area contributed by atoms with Gasteiger partial charge in [-0.3, -0.25) is 4.79 Å². The fourth-order valence-corrected chi connectivity index (χ4v) is 4.42. The summed E-state index contributed by atoms with van der Waals surface area (Å²) >= 11 is 3.04. The molecule has 112 valence electrons. The Morgan fingerprint density at radius 2 is 2.19 bits per heavy atom. The molecule has 0 radical (unpaired) electrons. The van der Waals surface area contributed by atoms with Crippen molar-refractivity contribution in [1.29, 1.82) is 0 Å². The number of nitrogens with zero attached hydrogens (tertiary/aromatic N) is 1. The third-order valence-corrected chi connectivity index (χ3v) is 5.52. The van der Waals surface area contributed by atoms with E-state index in [-0.39, 0.29) is 5.91 Å². The van der Waals surface area contributed by atoms with Gasteiger partial charge in [0, 0.05) is 10.9 Å². The van der Waals surface area contributed by atoms with Crippen molar-refractivity contribution in [3.05, 3.63) is 22.4 Å². The van der Waals surface area contributed by atoms with Gasteiger partial charge in [-0.1, -0.05) is 25.3 Å². The number of nitrogens with two attached hydrogens (primary N) is 1. The Morgan fingerprint density at radius 1 is 1.38 bits per heavy atom. The zero-order valence-corrected chi connectivity index (χ0v) is 13.4. The number of rotatable bonds is 4. The van der Waals surface area contributed by atoms with Gasteiger partial charge in [0.2, 0.25) is 5.91 Å². The Bertz CT molecular complexity index is 600. The van der Waals surface area contributed by atoms with Gasteiger partial charge < -0.3 is 11.1 Å². The molecule has 2 heterocycles. The van der Waals surface area contributed by atoms with Crippen LogP contribution in [0.3, 0.4) is 0 Å². The first-order valence-electron chi connectivity index (χ1n) is 7.31. The number of carbonyl (C=O) groups is 1. The lowest BCUT2D eigenvalue weighted by atomic mass is 9.95. The molecule has 1 amide bonds. The van der Waals surface area contributed by atoms with Crippen LogP contribution < -0.4 is 11.1 Å². The second kappa shape index (κ2) is 6.58. The number of anilines is 1. The summed E-state index contributed by atoms with van der Waals surface area (Å²) in [5, 5.41) is 5.69. The van der Waals surface area contributed by atoms with Crippen LogP contribution in [0.5, 0.6) is 0 Å². The molecule has 0 atom stereocenters. The van der Waals surface area contributed by atoms with Crippen LogP contribution in [0.25, 0.3) is 10.6 Å². The zero-order valence-electron chi connectivity index (χ0n) is 11.8. The summed E-state index contributed by atoms with van der Waals surface area (Å²) in [6.45, 7) is 0. The molecule has 2 aromatic heterocycles. The lowest BCUT2D eigenvalue weighted by Crippen LogP contribution is -2.37. The molecule has 2 aromatic rings. The van der Waals surface area contributed by atoms with Crippen molar-refractivity contribution in [2.24, 2.45) is 0 Å². The average molecular weight is 321 g/mol. The molecule has 21 heavy (non-hydrogen) atoms. The first-order chi connectivity index (χ1) is 10.2. The summed E-state index contributed by atoms with van der Waals surface area (Å²) in [5.74, 6) is 0.0864. The number of thiophene rings is 1. The number of nitrogen functional groups attached to an aromatic ring is 1. The highest BCUT2D eigenvalue weighted by molar-refractivity contribution is 7.17. The van der Waals surface area contributed by atoms with E-state index in [2.05, 4.69) is 10.3 Å². The van der Waals surface area contributed by atoms with Crippen molar-refractivity contribution in [3.8, 4) is 10.6 Å². The summed E-state index contributed by atoms with van der Waals surface area (Å²) in [7, 11) is 0. The molecule has 6 heteroatoms. The monoisotopic (exact) mass is 321 g/mol. The van der Waals surface area contributed by atoms with Gasteiger partial charge in [-0.2, -0.15) is 0 Å². The van der Waals surface area contributed by atoms with Gasteiger partial charge in [-0.25, -0.2) is 4.98 Å². The summed E-state index contributed by atoms with van der Waals surface area (Å²) in [4.78, 5) is 18.7. The number of hydrogen-bond donors (Lipinski definition) is 2. The SMILES string of the molecule is Nc1nc(-c2cccs2)c(CC(=O)NC2CCCCC2)s1. The maximum absolute atomic E-state index is 12.2. The predicted molar refractivity (Wildman–Crippen MR) is 88.6 cm³/mol. The quantitative estimate of drug-likeness (QED) is 0.906. The van der Waals surface area contributed by atoms with Gasteiger partial charge in [0.15, 0.2) is 5.13 Å². The third kappa shape index (κ3) is 3.63. The lowest BCUT2D eigenvalue weighted by Gasteiger charge is -2.22. The van der Waals surface area contributed by atoms with Gasteiger partial charge in [0.25, 0.3) is 0 Å². The van der Waals surface area contributed by atoms with E-state index >= 15 is 0 Å². The summed E-state index contributed by atoms with van der Waals surface area (Å²) in [5.41, 5.74) is 6.69. The van der Waals surface area contributed by atoms with Gasteiger partial charge in [0.05, 0.1) is 17.0 Å². The second-order valence-electron chi connectivity index (χ2n) is 5.38. The highest BCUT2D eigenvalue weighted by Gasteiger charge is 2.19. The van der Waals surface area contributed by atoms with Crippen molar-refractivity contribution in [2.45, 2.75) is 44.6 Å². The molecule has 4 nitrogen and oxygen atoms in total. The molecule has 1 fully saturated rings. The van der Waals surface area contributed by atoms with E-state index in [9.17, 15) is 4.79 Å². The van der Waals surface area contributed by atoms with Crippen molar-refractivity contribution in [2.75, 3.05) is 5.73 Å². The number of nitrogens with one attached hydrogen (secondary N) is 1. The van der Waals surface area contributed by atoms with Crippen LogP contribution in [0.1, 0.15) is 37.0 Å². The van der Waals surface area contributed by atoms with E-state index < -0.39 is 0 Å². The summed E-state index contributed by atoms with van der Waals surface area (Å²) in [6.07, 6.45) is 6.32. The van der Waals surface area contributed by atoms with Crippen LogP contribution in [-0.4, -0.2) is 16.9 Å². The van der Waals surface area contributed by atoms with Gasteiger partial charge in [-0.05, 0) is 24.3 Å². The van der Waals surface area contributed by atoms with Crippen LogP contribution >= 0.6 is 22.7 Å². The fourth-order valence-electron chi connectivity index (χ4n) is 2.77. The van der Waals surface area contributed by atoms with Crippen LogP contribution in [0.2, 0.25) is 0 Å². The smallest absolute Gasteiger partial charge is 0.225 e. The Morgan fingerprint density at radius 3 is 2.90 bits per heavy atom. The Hall–Kier alpha value is -1.40. The van der Waals surface area contributed by atoms with Crippen LogP contribution in [0.15, 0.2) is 17.5 Å². The molecule has 0 aromatic carbocycles. The first-order valence-corrected chi connectivity index (χ1v) is 9.00. The zero-order chi connectivity index (χ0) is 14.7. The maximum Gasteiger partial charge on any atom is 0.225 e. The van der Waals surface area contributed by atoms with Crippen molar-refractivity contribution in [3.63, 3.8) is 0 Å². The van der Waals surface area contributed by atoms with Gasteiger partial charge in [-0.15, -0.1) is 22.7 Å². The molecular weight excluding hydrogens is 302 g/mol. The maximum atomic E-state index is 12.2. The number of amides is 1. The van der Waals surface area contributed by atoms with Crippen LogP contribution in [0, 0.1) is 0 Å². The van der Waals surface area contributed by atoms with Gasteiger partial charge in [0.1, 0.15) is 0 Å². The van der Waals surface area contributed by atoms with Crippen LogP contribution in [0.4, 0.5) is 5.13 Å². The lowest BCUT2D eigenvalue weighted by molar-refractivity contribution is -0.121. The van der Waals surface area contributed by atoms with E-state index in [1.807, 2.05) is 17.5 Å². The largest absolute Gasteiger partial charge is 0.375 e. The summed E-state index contributed by atoms with van der Waals surface area (Å²) in [6, 6.07) is 4.35. The van der Waals surface area contributed by atoms with E-state index in [0.717, 1.165) is 28.3 Å². The molecule has 1 saturated carbocycles. The van der Waals surface area contributed by atoms with E-state index in [1.54, 1.807) is 11.3 Å². The number of thiazole rings is 1. The minimum atomic E-state index is 0.0864. The van der Waals surface area contributed by atoms with E-state index in [0.29, 0.717) is 17.6 Å². The number of carbonyl (C=O) groups excluding carboxylic acids is 1. The Kier molecular flexibility index (Phi) is 4.55. The van der Waals surface area contributed by atoms with Crippen molar-refractivity contribution >= 4 is 33.7 Å². The van der Waals surface area contributed by atoms with Crippen molar-refractivity contribution < 1.29 is 4.79 Å². The van der Waals surface area contributed by atoms with Crippen LogP contribution in [-0.2, 0) is 11.2 Å². The molecule has 0 spiro atoms. The second-order valence-corrected chi connectivity index (χ2v) is 7.44. The average Bonchev–Trinajstić information content (AvgIpc) is 3.09. The fraction of sp³-hybridized carbons (Fsp3) is 0.467. The molecule has 0 unspecified atom stereocenters. The minimum Gasteiger partial charge on any atom is -0.375 e. The highest BCUT2D eigenvalue weighted by Crippen LogP contribution is 2.32. The molecule has 3 N–H and O–H groups in total. The highest BCUT2D eigenvalue weighted by atomic mass is 32.1. The Balaban J connectivity index is 1.68. The Labute approximate surface area is 132 Å². The van der Waals surface area contributed by atoms with E-state index in [4.69, 9.17) is 5.73 Å². The normalized spacial score (nSPS) is 16.0. The van der Waals surface area contributed by atoms with E-state index in [1.165, 1.54) is 30.6 Å². The molecule has 1 aliphatic rings. The predicted octanol–water partition coefficient (Wildman–Crippen LogP) is 3.45. The topological polar surface area (TPSA) is 68.0 Å². The third-order valence-electron chi connectivity index (χ3n) is 3.76. The molecule has 3 rings (SSSR count). The molecule has 1 aliphatic carbocycles. The first kappa shape index (κ1) is 14.5. The number of aromatic nitrogens is 1. The minimum absolute atomic E-state index is 0.0864. The molecular formula is C15H19N3OS2.